The maximum Gasteiger partial charge on any atom is 0.339 e. The maximum atomic E-state index is 11.9. The summed E-state index contributed by atoms with van der Waals surface area (Å²) in [6.45, 7) is 9.38. The van der Waals surface area contributed by atoms with E-state index in [-0.39, 0.29) is 16.7 Å². The van der Waals surface area contributed by atoms with Crippen molar-refractivity contribution in [3.05, 3.63) is 47.5 Å². The van der Waals surface area contributed by atoms with Crippen molar-refractivity contribution in [3.63, 3.8) is 0 Å². The molecular formula is C20H28O6. The van der Waals surface area contributed by atoms with Crippen LogP contribution in [0.2, 0.25) is 0 Å². The Balaban J connectivity index is 0.000000896. The lowest BCUT2D eigenvalue weighted by atomic mass is 10.1. The minimum atomic E-state index is -0.935. The molecule has 0 saturated heterocycles. The maximum absolute atomic E-state index is 11.9. The van der Waals surface area contributed by atoms with Gasteiger partial charge in [-0.3, -0.25) is 0 Å². The van der Waals surface area contributed by atoms with Gasteiger partial charge in [-0.25, -0.2) is 14.4 Å². The van der Waals surface area contributed by atoms with Gasteiger partial charge in [-0.15, -0.1) is 0 Å². The van der Waals surface area contributed by atoms with E-state index >= 15 is 0 Å². The molecule has 1 aromatic carbocycles. The standard InChI is InChI=1S/C16H22O4.C4H6O2/c1-3-5-11-19-15(17)13-9-7-8-10-14(13)16(18)20-12-6-4-2;1-3(2)4(5)6/h7-10H,3-6,11-12H2,1-2H3;1H2,2H3,(H,5,6). The average molecular weight is 364 g/mol. The lowest BCUT2D eigenvalue weighted by molar-refractivity contribution is -0.132. The van der Waals surface area contributed by atoms with Gasteiger partial charge in [0.1, 0.15) is 0 Å². The smallest absolute Gasteiger partial charge is 0.339 e. The number of ether oxygens (including phenoxy) is 2. The van der Waals surface area contributed by atoms with E-state index in [1.165, 1.54) is 6.92 Å². The Hall–Kier alpha value is -2.63. The lowest BCUT2D eigenvalue weighted by Crippen LogP contribution is -2.14. The van der Waals surface area contributed by atoms with E-state index in [1.807, 2.05) is 13.8 Å². The molecule has 0 aromatic heterocycles. The van der Waals surface area contributed by atoms with Gasteiger partial charge in [0.05, 0.1) is 24.3 Å². The third-order valence-corrected chi connectivity index (χ3v) is 3.19. The van der Waals surface area contributed by atoms with Gasteiger partial charge in [0.15, 0.2) is 0 Å². The van der Waals surface area contributed by atoms with Gasteiger partial charge < -0.3 is 14.6 Å². The van der Waals surface area contributed by atoms with Crippen LogP contribution in [-0.4, -0.2) is 36.2 Å². The number of carbonyl (C=O) groups is 3. The van der Waals surface area contributed by atoms with Crippen molar-refractivity contribution in [2.24, 2.45) is 0 Å². The topological polar surface area (TPSA) is 89.9 Å². The molecule has 6 nitrogen and oxygen atoms in total. The predicted octanol–water partition coefficient (Wildman–Crippen LogP) is 4.25. The summed E-state index contributed by atoms with van der Waals surface area (Å²) in [5.41, 5.74) is 0.713. The third-order valence-electron chi connectivity index (χ3n) is 3.19. The van der Waals surface area contributed by atoms with Crippen LogP contribution in [0.15, 0.2) is 36.4 Å². The van der Waals surface area contributed by atoms with Crippen molar-refractivity contribution >= 4 is 17.9 Å². The number of carbonyl (C=O) groups excluding carboxylic acids is 2. The Labute approximate surface area is 154 Å². The number of esters is 2. The lowest BCUT2D eigenvalue weighted by Gasteiger charge is -2.09. The molecule has 144 valence electrons. The molecule has 0 bridgehead atoms. The molecule has 0 atom stereocenters. The minimum absolute atomic E-state index is 0.176. The van der Waals surface area contributed by atoms with E-state index in [0.717, 1.165) is 25.7 Å². The summed E-state index contributed by atoms with van der Waals surface area (Å²) in [5.74, 6) is -1.88. The first-order chi connectivity index (χ1) is 12.3. The average Bonchev–Trinajstić information content (AvgIpc) is 2.62. The minimum Gasteiger partial charge on any atom is -0.478 e. The molecule has 0 aliphatic rings. The summed E-state index contributed by atoms with van der Waals surface area (Å²) < 4.78 is 10.3. The van der Waals surface area contributed by atoms with Crippen LogP contribution in [0, 0.1) is 0 Å². The molecule has 0 spiro atoms. The van der Waals surface area contributed by atoms with E-state index in [2.05, 4.69) is 6.58 Å². The van der Waals surface area contributed by atoms with Gasteiger partial charge in [0.2, 0.25) is 0 Å². The number of hydrogen-bond donors (Lipinski definition) is 1. The quantitative estimate of drug-likeness (QED) is 0.400. The summed E-state index contributed by atoms with van der Waals surface area (Å²) in [7, 11) is 0. The molecule has 26 heavy (non-hydrogen) atoms. The molecular weight excluding hydrogens is 336 g/mol. The fourth-order valence-electron chi connectivity index (χ4n) is 1.61. The summed E-state index contributed by atoms with van der Waals surface area (Å²) in [5, 5.41) is 7.89. The Bertz CT molecular complexity index is 553. The van der Waals surface area contributed by atoms with Gasteiger partial charge in [-0.1, -0.05) is 45.4 Å². The van der Waals surface area contributed by atoms with Gasteiger partial charge in [0, 0.05) is 5.57 Å². The molecule has 6 heteroatoms. The Morgan fingerprint density at radius 1 is 0.923 bits per heavy atom. The summed E-state index contributed by atoms with van der Waals surface area (Å²) in [4.78, 5) is 33.5. The van der Waals surface area contributed by atoms with Crippen molar-refractivity contribution in [1.29, 1.82) is 0 Å². The number of hydrogen-bond acceptors (Lipinski definition) is 5. The molecule has 1 rings (SSSR count). The van der Waals surface area contributed by atoms with Gasteiger partial charge in [0.25, 0.3) is 0 Å². The van der Waals surface area contributed by atoms with Gasteiger partial charge in [-0.05, 0) is 31.9 Å². The first kappa shape index (κ1) is 23.4. The molecule has 0 aliphatic heterocycles. The number of carboxylic acid groups (broad SMARTS) is 1. The Morgan fingerprint density at radius 2 is 1.27 bits per heavy atom. The summed E-state index contributed by atoms with van der Waals surface area (Å²) in [6, 6.07) is 6.59. The van der Waals surface area contributed by atoms with Crippen LogP contribution >= 0.6 is 0 Å². The van der Waals surface area contributed by atoms with Crippen molar-refractivity contribution in [2.75, 3.05) is 13.2 Å². The Morgan fingerprint density at radius 3 is 1.54 bits per heavy atom. The fourth-order valence-corrected chi connectivity index (χ4v) is 1.61. The van der Waals surface area contributed by atoms with E-state index in [9.17, 15) is 14.4 Å². The number of rotatable bonds is 9. The van der Waals surface area contributed by atoms with Crippen molar-refractivity contribution in [3.8, 4) is 0 Å². The second kappa shape index (κ2) is 13.6. The first-order valence-corrected chi connectivity index (χ1v) is 8.67. The van der Waals surface area contributed by atoms with E-state index in [1.54, 1.807) is 24.3 Å². The van der Waals surface area contributed by atoms with Crippen LogP contribution in [-0.2, 0) is 14.3 Å². The highest BCUT2D eigenvalue weighted by atomic mass is 16.5. The molecule has 0 saturated carbocycles. The van der Waals surface area contributed by atoms with Crippen LogP contribution in [0.4, 0.5) is 0 Å². The fraction of sp³-hybridized carbons (Fsp3) is 0.450. The molecule has 0 radical (unpaired) electrons. The van der Waals surface area contributed by atoms with Gasteiger partial charge in [-0.2, -0.15) is 0 Å². The largest absolute Gasteiger partial charge is 0.478 e. The van der Waals surface area contributed by atoms with E-state index in [4.69, 9.17) is 14.6 Å². The molecule has 1 aromatic rings. The van der Waals surface area contributed by atoms with Crippen molar-refractivity contribution in [2.45, 2.75) is 46.5 Å². The number of benzene rings is 1. The molecule has 0 amide bonds. The van der Waals surface area contributed by atoms with Crippen LogP contribution in [0.3, 0.4) is 0 Å². The molecule has 0 aliphatic carbocycles. The highest BCUT2D eigenvalue weighted by Crippen LogP contribution is 2.12. The highest BCUT2D eigenvalue weighted by Gasteiger charge is 2.18. The van der Waals surface area contributed by atoms with E-state index < -0.39 is 17.9 Å². The predicted molar refractivity (Wildman–Crippen MR) is 99.3 cm³/mol. The highest BCUT2D eigenvalue weighted by molar-refractivity contribution is 6.03. The van der Waals surface area contributed by atoms with E-state index in [0.29, 0.717) is 13.2 Å². The molecule has 0 fully saturated rings. The number of carboxylic acids is 1. The zero-order valence-corrected chi connectivity index (χ0v) is 15.7. The SMILES string of the molecule is C=C(C)C(=O)O.CCCCOC(=O)c1ccccc1C(=O)OCCCC. The van der Waals surface area contributed by atoms with Crippen LogP contribution in [0.1, 0.15) is 67.2 Å². The zero-order chi connectivity index (χ0) is 19.9. The van der Waals surface area contributed by atoms with Crippen LogP contribution in [0.25, 0.3) is 0 Å². The Kier molecular flexibility index (Phi) is 12.3. The summed E-state index contributed by atoms with van der Waals surface area (Å²) >= 11 is 0. The normalized spacial score (nSPS) is 9.50. The first-order valence-electron chi connectivity index (χ1n) is 8.67. The molecule has 0 heterocycles. The van der Waals surface area contributed by atoms with Crippen molar-refractivity contribution in [1.82, 2.24) is 0 Å². The van der Waals surface area contributed by atoms with Gasteiger partial charge >= 0.3 is 17.9 Å². The second-order valence-electron chi connectivity index (χ2n) is 5.61. The molecule has 0 unspecified atom stereocenters. The third kappa shape index (κ3) is 9.61. The second-order valence-corrected chi connectivity index (χ2v) is 5.61. The number of unbranched alkanes of at least 4 members (excludes halogenated alkanes) is 2. The van der Waals surface area contributed by atoms with Crippen molar-refractivity contribution < 1.29 is 29.0 Å². The number of aliphatic carboxylic acids is 1. The van der Waals surface area contributed by atoms with Crippen LogP contribution < -0.4 is 0 Å². The zero-order valence-electron chi connectivity index (χ0n) is 15.7. The monoisotopic (exact) mass is 364 g/mol. The molecule has 1 N–H and O–H groups in total. The summed E-state index contributed by atoms with van der Waals surface area (Å²) in [6.07, 6.45) is 3.53. The van der Waals surface area contributed by atoms with Crippen LogP contribution in [0.5, 0.6) is 0 Å².